The Morgan fingerprint density at radius 2 is 2.00 bits per heavy atom. The molecule has 0 aliphatic rings. The fraction of sp³-hybridized carbons (Fsp3) is 0.500. The molecule has 0 fully saturated rings. The summed E-state index contributed by atoms with van der Waals surface area (Å²) in [7, 11) is 1.83. The maximum atomic E-state index is 12.1. The molecule has 25 heavy (non-hydrogen) atoms. The molecular formula is C20H28N2O2S. The maximum Gasteiger partial charge on any atom is 0.222 e. The summed E-state index contributed by atoms with van der Waals surface area (Å²) in [5.74, 6) is 1.44. The first kappa shape index (κ1) is 19.4. The number of aromatic nitrogens is 1. The van der Waals surface area contributed by atoms with Crippen LogP contribution >= 0.6 is 11.3 Å². The highest BCUT2D eigenvalue weighted by molar-refractivity contribution is 7.09. The van der Waals surface area contributed by atoms with Crippen molar-refractivity contribution < 1.29 is 9.53 Å². The fourth-order valence-corrected chi connectivity index (χ4v) is 3.31. The summed E-state index contributed by atoms with van der Waals surface area (Å²) >= 11 is 1.58. The fourth-order valence-electron chi connectivity index (χ4n) is 2.61. The third kappa shape index (κ3) is 5.56. The number of amides is 1. The number of hydrogen-bond acceptors (Lipinski definition) is 4. The minimum Gasteiger partial charge on any atom is -0.486 e. The van der Waals surface area contributed by atoms with E-state index in [-0.39, 0.29) is 5.91 Å². The molecule has 0 unspecified atom stereocenters. The predicted octanol–water partition coefficient (Wildman–Crippen LogP) is 4.65. The van der Waals surface area contributed by atoms with Crippen LogP contribution in [0.3, 0.4) is 0 Å². The molecule has 0 bridgehead atoms. The summed E-state index contributed by atoms with van der Waals surface area (Å²) in [6.07, 6.45) is 0.572. The normalized spacial score (nSPS) is 11.0. The van der Waals surface area contributed by atoms with E-state index in [9.17, 15) is 4.79 Å². The van der Waals surface area contributed by atoms with Gasteiger partial charge in [-0.05, 0) is 49.4 Å². The Labute approximate surface area is 154 Å². The zero-order valence-electron chi connectivity index (χ0n) is 16.0. The van der Waals surface area contributed by atoms with Crippen molar-refractivity contribution in [2.24, 2.45) is 5.92 Å². The Bertz CT molecular complexity index is 737. The monoisotopic (exact) mass is 360 g/mol. The molecule has 1 aromatic heterocycles. The molecule has 0 aliphatic heterocycles. The average molecular weight is 361 g/mol. The minimum atomic E-state index is 0.159. The second-order valence-electron chi connectivity index (χ2n) is 7.07. The van der Waals surface area contributed by atoms with Gasteiger partial charge in [0.1, 0.15) is 17.4 Å². The van der Waals surface area contributed by atoms with E-state index in [1.165, 1.54) is 16.7 Å². The Balaban J connectivity index is 1.95. The predicted molar refractivity (Wildman–Crippen MR) is 103 cm³/mol. The first-order valence-electron chi connectivity index (χ1n) is 8.64. The molecule has 1 amide bonds. The molecule has 1 heterocycles. The zero-order chi connectivity index (χ0) is 18.6. The zero-order valence-corrected chi connectivity index (χ0v) is 16.9. The van der Waals surface area contributed by atoms with E-state index in [0.29, 0.717) is 25.5 Å². The highest BCUT2D eigenvalue weighted by Crippen LogP contribution is 2.24. The van der Waals surface area contributed by atoms with Crippen molar-refractivity contribution >= 4 is 17.2 Å². The lowest BCUT2D eigenvalue weighted by molar-refractivity contribution is -0.131. The molecule has 0 N–H and O–H groups in total. The van der Waals surface area contributed by atoms with Crippen molar-refractivity contribution in [2.75, 3.05) is 7.05 Å². The van der Waals surface area contributed by atoms with E-state index < -0.39 is 0 Å². The van der Waals surface area contributed by atoms with E-state index in [2.05, 4.69) is 51.7 Å². The number of aryl methyl sites for hydroxylation is 2. The first-order valence-corrected chi connectivity index (χ1v) is 9.52. The number of nitrogens with zero attached hydrogens (tertiary/aromatic N) is 2. The lowest BCUT2D eigenvalue weighted by Crippen LogP contribution is -2.27. The van der Waals surface area contributed by atoms with E-state index in [4.69, 9.17) is 4.74 Å². The van der Waals surface area contributed by atoms with Crippen molar-refractivity contribution in [1.82, 2.24) is 9.88 Å². The van der Waals surface area contributed by atoms with Gasteiger partial charge in [0.2, 0.25) is 5.91 Å². The van der Waals surface area contributed by atoms with Crippen LogP contribution in [-0.2, 0) is 17.9 Å². The van der Waals surface area contributed by atoms with Crippen LogP contribution in [0.4, 0.5) is 0 Å². The lowest BCUT2D eigenvalue weighted by atomic mass is 10.1. The number of thiazole rings is 1. The Hall–Kier alpha value is -1.88. The third-order valence-corrected chi connectivity index (χ3v) is 4.99. The van der Waals surface area contributed by atoms with Gasteiger partial charge in [-0.2, -0.15) is 0 Å². The van der Waals surface area contributed by atoms with Crippen molar-refractivity contribution in [3.63, 3.8) is 0 Å². The molecule has 0 spiro atoms. The van der Waals surface area contributed by atoms with Gasteiger partial charge in [0.25, 0.3) is 0 Å². The molecule has 0 radical (unpaired) electrons. The van der Waals surface area contributed by atoms with Crippen LogP contribution in [0.15, 0.2) is 17.5 Å². The molecule has 0 saturated heterocycles. The molecule has 4 nitrogen and oxygen atoms in total. The van der Waals surface area contributed by atoms with Gasteiger partial charge in [-0.3, -0.25) is 4.79 Å². The molecule has 2 rings (SSSR count). The number of carbonyl (C=O) groups excluding carboxylic acids is 1. The van der Waals surface area contributed by atoms with Crippen molar-refractivity contribution in [3.05, 3.63) is 44.9 Å². The Kier molecular flexibility index (Phi) is 6.59. The number of rotatable bonds is 7. The smallest absolute Gasteiger partial charge is 0.222 e. The van der Waals surface area contributed by atoms with E-state index in [0.717, 1.165) is 16.5 Å². The molecule has 1 aromatic carbocycles. The van der Waals surface area contributed by atoms with Crippen molar-refractivity contribution in [1.29, 1.82) is 0 Å². The largest absolute Gasteiger partial charge is 0.486 e. The quantitative estimate of drug-likeness (QED) is 0.722. The minimum absolute atomic E-state index is 0.159. The highest BCUT2D eigenvalue weighted by atomic mass is 32.1. The van der Waals surface area contributed by atoms with Gasteiger partial charge in [-0.25, -0.2) is 4.98 Å². The molecule has 0 saturated carbocycles. The summed E-state index contributed by atoms with van der Waals surface area (Å²) in [6.45, 7) is 11.4. The van der Waals surface area contributed by atoms with Gasteiger partial charge in [0, 0.05) is 18.8 Å². The summed E-state index contributed by atoms with van der Waals surface area (Å²) in [5.41, 5.74) is 4.52. The van der Waals surface area contributed by atoms with Crippen molar-refractivity contribution in [2.45, 2.75) is 54.2 Å². The SMILES string of the molecule is Cc1cc(C)c(C)c(OCc2nc(CN(C)C(=O)CC(C)C)cs2)c1. The number of carbonyl (C=O) groups is 1. The van der Waals surface area contributed by atoms with Gasteiger partial charge in [-0.15, -0.1) is 11.3 Å². The van der Waals surface area contributed by atoms with Crippen LogP contribution in [0.2, 0.25) is 0 Å². The molecule has 2 aromatic rings. The van der Waals surface area contributed by atoms with Crippen LogP contribution in [-0.4, -0.2) is 22.8 Å². The summed E-state index contributed by atoms with van der Waals surface area (Å²) < 4.78 is 5.97. The number of benzene rings is 1. The molecule has 5 heteroatoms. The number of ether oxygens (including phenoxy) is 1. The third-order valence-electron chi connectivity index (χ3n) is 4.12. The van der Waals surface area contributed by atoms with E-state index in [1.807, 2.05) is 12.4 Å². The standard InChI is InChI=1S/C20H28N2O2S/c1-13(2)7-20(23)22(6)10-17-12-25-19(21-17)11-24-18-9-14(3)8-15(4)16(18)5/h8-9,12-13H,7,10-11H2,1-6H3. The number of hydrogen-bond donors (Lipinski definition) is 0. The summed E-state index contributed by atoms with van der Waals surface area (Å²) in [4.78, 5) is 18.4. The lowest BCUT2D eigenvalue weighted by Gasteiger charge is -2.17. The molecule has 0 aliphatic carbocycles. The van der Waals surface area contributed by atoms with Crippen LogP contribution in [0.5, 0.6) is 5.75 Å². The highest BCUT2D eigenvalue weighted by Gasteiger charge is 2.13. The van der Waals surface area contributed by atoms with Crippen LogP contribution in [0.25, 0.3) is 0 Å². The van der Waals surface area contributed by atoms with Crippen LogP contribution in [0.1, 0.15) is 47.7 Å². The van der Waals surface area contributed by atoms with Gasteiger partial charge in [0.15, 0.2) is 0 Å². The Morgan fingerprint density at radius 1 is 1.28 bits per heavy atom. The second kappa shape index (κ2) is 8.48. The second-order valence-corrected chi connectivity index (χ2v) is 8.02. The molecule has 0 atom stereocenters. The van der Waals surface area contributed by atoms with E-state index >= 15 is 0 Å². The molecular weight excluding hydrogens is 332 g/mol. The summed E-state index contributed by atoms with van der Waals surface area (Å²) in [6, 6.07) is 4.23. The van der Waals surface area contributed by atoms with Gasteiger partial charge < -0.3 is 9.64 Å². The topological polar surface area (TPSA) is 42.4 Å². The molecule has 136 valence electrons. The average Bonchev–Trinajstić information content (AvgIpc) is 2.96. The van der Waals surface area contributed by atoms with Crippen LogP contribution < -0.4 is 4.74 Å². The van der Waals surface area contributed by atoms with Crippen molar-refractivity contribution in [3.8, 4) is 5.75 Å². The van der Waals surface area contributed by atoms with Gasteiger partial charge in [0.05, 0.1) is 12.2 Å². The first-order chi connectivity index (χ1) is 11.8. The Morgan fingerprint density at radius 3 is 2.68 bits per heavy atom. The van der Waals surface area contributed by atoms with Gasteiger partial charge >= 0.3 is 0 Å². The van der Waals surface area contributed by atoms with Gasteiger partial charge in [-0.1, -0.05) is 19.9 Å². The summed E-state index contributed by atoms with van der Waals surface area (Å²) in [5, 5.41) is 2.94. The van der Waals surface area contributed by atoms with Crippen LogP contribution in [0, 0.1) is 26.7 Å². The maximum absolute atomic E-state index is 12.1. The van der Waals surface area contributed by atoms with E-state index in [1.54, 1.807) is 16.2 Å².